The normalized spacial score (nSPS) is 31.5. The van der Waals surface area contributed by atoms with E-state index in [4.69, 9.17) is 9.84 Å². The minimum atomic E-state index is -1.44. The number of anilines is 1. The van der Waals surface area contributed by atoms with E-state index < -0.39 is 37.3 Å². The molecule has 7 heteroatoms. The summed E-state index contributed by atoms with van der Waals surface area (Å²) in [4.78, 5) is 11.4. The van der Waals surface area contributed by atoms with Gasteiger partial charge in [-0.3, -0.25) is 4.79 Å². The first-order valence-electron chi connectivity index (χ1n) is 6.81. The Morgan fingerprint density at radius 2 is 1.82 bits per heavy atom. The third-order valence-corrected chi connectivity index (χ3v) is 3.56. The number of rotatable bonds is 5. The molecule has 7 nitrogen and oxygen atoms in total. The van der Waals surface area contributed by atoms with Crippen molar-refractivity contribution in [1.82, 2.24) is 0 Å². The van der Waals surface area contributed by atoms with Crippen molar-refractivity contribution in [3.8, 4) is 0 Å². The summed E-state index contributed by atoms with van der Waals surface area (Å²) in [6.45, 7) is 2.91. The molecule has 22 heavy (non-hydrogen) atoms. The van der Waals surface area contributed by atoms with Crippen LogP contribution in [0, 0.1) is 0 Å². The summed E-state index contributed by atoms with van der Waals surface area (Å²) < 4.78 is 5.33. The minimum absolute atomic E-state index is 0.209. The maximum Gasteiger partial charge on any atom is 0.185 e. The van der Waals surface area contributed by atoms with Gasteiger partial charge in [0.15, 0.2) is 12.0 Å². The molecule has 0 radical (unpaired) electrons. The first-order chi connectivity index (χ1) is 10.5. The van der Waals surface area contributed by atoms with Gasteiger partial charge in [0.1, 0.15) is 24.4 Å². The van der Waals surface area contributed by atoms with E-state index in [9.17, 15) is 20.1 Å². The molecule has 0 saturated carbocycles. The number of carbonyl (C=O) groups excluding carboxylic acids is 1. The van der Waals surface area contributed by atoms with Crippen molar-refractivity contribution >= 4 is 11.5 Å². The molecular formula is C15H19NO6. The molecule has 2 rings (SSSR count). The van der Waals surface area contributed by atoms with Crippen LogP contribution >= 0.6 is 0 Å². The van der Waals surface area contributed by atoms with E-state index in [1.54, 1.807) is 24.3 Å². The second kappa shape index (κ2) is 6.99. The third-order valence-electron chi connectivity index (χ3n) is 3.56. The van der Waals surface area contributed by atoms with Crippen molar-refractivity contribution < 1.29 is 30.0 Å². The fraction of sp³-hybridized carbons (Fsp3) is 0.400. The first-order valence-corrected chi connectivity index (χ1v) is 6.81. The quantitative estimate of drug-likeness (QED) is 0.359. The van der Waals surface area contributed by atoms with Gasteiger partial charge in [0.05, 0.1) is 6.61 Å². The number of aliphatic hydroxyl groups is 4. The van der Waals surface area contributed by atoms with Gasteiger partial charge in [0, 0.05) is 11.3 Å². The average molecular weight is 309 g/mol. The van der Waals surface area contributed by atoms with Gasteiger partial charge < -0.3 is 30.5 Å². The Balaban J connectivity index is 2.09. The van der Waals surface area contributed by atoms with Crippen molar-refractivity contribution in [1.29, 1.82) is 0 Å². The SMILES string of the molecule is C=CC(=O)c1ccc(N[C@@H]2O[C@H](CO)[C@H](O)[C@H](O)[C@H]2O)cc1. The molecule has 0 aromatic heterocycles. The minimum Gasteiger partial charge on any atom is -0.394 e. The summed E-state index contributed by atoms with van der Waals surface area (Å²) in [5, 5.41) is 41.3. The Morgan fingerprint density at radius 3 is 2.36 bits per heavy atom. The van der Waals surface area contributed by atoms with Gasteiger partial charge in [-0.05, 0) is 30.3 Å². The van der Waals surface area contributed by atoms with Gasteiger partial charge in [-0.2, -0.15) is 0 Å². The van der Waals surface area contributed by atoms with Crippen LogP contribution in [0.2, 0.25) is 0 Å². The maximum atomic E-state index is 11.4. The zero-order valence-corrected chi connectivity index (χ0v) is 11.8. The number of carbonyl (C=O) groups is 1. The van der Waals surface area contributed by atoms with Crippen LogP contribution < -0.4 is 5.32 Å². The summed E-state index contributed by atoms with van der Waals surface area (Å²) >= 11 is 0. The first kappa shape index (κ1) is 16.6. The molecule has 1 saturated heterocycles. The van der Waals surface area contributed by atoms with Crippen molar-refractivity contribution in [3.05, 3.63) is 42.5 Å². The lowest BCUT2D eigenvalue weighted by Crippen LogP contribution is -2.60. The number of ketones is 1. The molecule has 0 unspecified atom stereocenters. The van der Waals surface area contributed by atoms with Crippen LogP contribution in [0.4, 0.5) is 5.69 Å². The van der Waals surface area contributed by atoms with E-state index in [2.05, 4.69) is 11.9 Å². The number of hydrogen-bond donors (Lipinski definition) is 5. The van der Waals surface area contributed by atoms with Crippen LogP contribution in [0.1, 0.15) is 10.4 Å². The van der Waals surface area contributed by atoms with Crippen molar-refractivity contribution in [2.75, 3.05) is 11.9 Å². The highest BCUT2D eigenvalue weighted by atomic mass is 16.6. The number of hydrogen-bond acceptors (Lipinski definition) is 7. The van der Waals surface area contributed by atoms with Crippen LogP contribution in [0.3, 0.4) is 0 Å². The average Bonchev–Trinajstić information content (AvgIpc) is 2.55. The van der Waals surface area contributed by atoms with E-state index in [1.165, 1.54) is 6.08 Å². The van der Waals surface area contributed by atoms with E-state index >= 15 is 0 Å². The summed E-state index contributed by atoms with van der Waals surface area (Å²) in [5.74, 6) is -0.209. The van der Waals surface area contributed by atoms with Gasteiger partial charge in [-0.15, -0.1) is 0 Å². The molecule has 1 heterocycles. The zero-order valence-electron chi connectivity index (χ0n) is 11.8. The number of ether oxygens (including phenoxy) is 1. The summed E-state index contributed by atoms with van der Waals surface area (Å²) in [6.07, 6.45) is -4.98. The highest BCUT2D eigenvalue weighted by Crippen LogP contribution is 2.23. The largest absolute Gasteiger partial charge is 0.394 e. The van der Waals surface area contributed by atoms with Gasteiger partial charge >= 0.3 is 0 Å². The molecule has 120 valence electrons. The van der Waals surface area contributed by atoms with E-state index in [0.29, 0.717) is 11.3 Å². The zero-order chi connectivity index (χ0) is 16.3. The number of nitrogens with one attached hydrogen (secondary N) is 1. The van der Waals surface area contributed by atoms with E-state index in [0.717, 1.165) is 0 Å². The molecule has 5 N–H and O–H groups in total. The van der Waals surface area contributed by atoms with Gasteiger partial charge in [0.25, 0.3) is 0 Å². The van der Waals surface area contributed by atoms with Crippen LogP contribution in [0.15, 0.2) is 36.9 Å². The highest BCUT2D eigenvalue weighted by molar-refractivity contribution is 6.04. The molecule has 5 atom stereocenters. The Hall–Kier alpha value is -1.77. The topological polar surface area (TPSA) is 119 Å². The number of allylic oxidation sites excluding steroid dienone is 1. The molecule has 1 aliphatic rings. The Kier molecular flexibility index (Phi) is 5.28. The summed E-state index contributed by atoms with van der Waals surface area (Å²) in [5.41, 5.74) is 1.01. The van der Waals surface area contributed by atoms with Crippen molar-refractivity contribution in [3.63, 3.8) is 0 Å². The van der Waals surface area contributed by atoms with Crippen LogP contribution in [-0.4, -0.2) is 63.5 Å². The number of aliphatic hydroxyl groups excluding tert-OH is 4. The summed E-state index contributed by atoms with van der Waals surface area (Å²) in [7, 11) is 0. The lowest BCUT2D eigenvalue weighted by Gasteiger charge is -2.40. The van der Waals surface area contributed by atoms with Crippen LogP contribution in [-0.2, 0) is 4.74 Å². The van der Waals surface area contributed by atoms with Gasteiger partial charge in [0.2, 0.25) is 0 Å². The highest BCUT2D eigenvalue weighted by Gasteiger charge is 2.43. The molecule has 1 fully saturated rings. The fourth-order valence-corrected chi connectivity index (χ4v) is 2.23. The van der Waals surface area contributed by atoms with E-state index in [-0.39, 0.29) is 5.78 Å². The lowest BCUT2D eigenvalue weighted by molar-refractivity contribution is -0.221. The fourth-order valence-electron chi connectivity index (χ4n) is 2.23. The second-order valence-corrected chi connectivity index (χ2v) is 5.04. The number of benzene rings is 1. The van der Waals surface area contributed by atoms with E-state index in [1.807, 2.05) is 0 Å². The Morgan fingerprint density at radius 1 is 1.18 bits per heavy atom. The summed E-state index contributed by atoms with van der Waals surface area (Å²) in [6, 6.07) is 6.38. The molecule has 0 amide bonds. The lowest BCUT2D eigenvalue weighted by atomic mass is 9.98. The monoisotopic (exact) mass is 309 g/mol. The van der Waals surface area contributed by atoms with Crippen molar-refractivity contribution in [2.45, 2.75) is 30.6 Å². The predicted octanol–water partition coefficient (Wildman–Crippen LogP) is -0.733. The van der Waals surface area contributed by atoms with Gasteiger partial charge in [-0.1, -0.05) is 6.58 Å². The van der Waals surface area contributed by atoms with Crippen LogP contribution in [0.25, 0.3) is 0 Å². The second-order valence-electron chi connectivity index (χ2n) is 5.04. The Labute approximate surface area is 127 Å². The molecule has 1 aliphatic heterocycles. The smallest absolute Gasteiger partial charge is 0.185 e. The molecule has 0 spiro atoms. The maximum absolute atomic E-state index is 11.4. The standard InChI is InChI=1S/C15H19NO6/c1-2-10(18)8-3-5-9(6-4-8)16-15-14(21)13(20)12(19)11(7-17)22-15/h2-6,11-17,19-21H,1,7H2/t11-,12+,13+,14-,15-/m1/s1. The molecule has 1 aromatic carbocycles. The van der Waals surface area contributed by atoms with Crippen molar-refractivity contribution in [2.24, 2.45) is 0 Å². The van der Waals surface area contributed by atoms with Crippen LogP contribution in [0.5, 0.6) is 0 Å². The molecular weight excluding hydrogens is 290 g/mol. The molecule has 1 aromatic rings. The van der Waals surface area contributed by atoms with Gasteiger partial charge in [-0.25, -0.2) is 0 Å². The Bertz CT molecular complexity index is 529. The molecule has 0 bridgehead atoms. The predicted molar refractivity (Wildman–Crippen MR) is 78.4 cm³/mol. The third kappa shape index (κ3) is 3.34. The molecule has 0 aliphatic carbocycles.